The third-order valence-electron chi connectivity index (χ3n) is 7.82. The van der Waals surface area contributed by atoms with Crippen LogP contribution in [0.4, 0.5) is 0 Å². The first-order valence-corrected chi connectivity index (χ1v) is 15.1. The predicted molar refractivity (Wildman–Crippen MR) is 187 cm³/mol. The standard InChI is InChI=1S/C38H30N8.2ClH/c1-5-13-33(14-6-1)41-29-43(35-17-9-3-10-18-35)45(39-41)37-25-21-31(22-26-37)32-23-27-38(28-24-32)46-40-42(34-15-7-2-8-16-34)30-44(46)36-19-11-4-12-20-36;;/h1-30H;2*1H/q+4;;. The molecule has 6 aromatic carbocycles. The van der Waals surface area contributed by atoms with Crippen molar-refractivity contribution in [2.75, 3.05) is 0 Å². The van der Waals surface area contributed by atoms with Crippen molar-refractivity contribution in [2.24, 2.45) is 0 Å². The van der Waals surface area contributed by atoms with Gasteiger partial charge in [-0.15, -0.1) is 24.8 Å². The highest BCUT2D eigenvalue weighted by Gasteiger charge is 2.29. The minimum atomic E-state index is 0. The molecule has 0 bridgehead atoms. The molecule has 10 heteroatoms. The first kappa shape index (κ1) is 32.0. The Kier molecular flexibility index (Phi) is 9.47. The van der Waals surface area contributed by atoms with Gasteiger partial charge in [0.05, 0.1) is 4.80 Å². The Morgan fingerprint density at radius 2 is 0.917 bits per heavy atom. The van der Waals surface area contributed by atoms with Crippen molar-refractivity contribution in [1.82, 2.24) is 19.9 Å². The molecule has 0 aliphatic rings. The van der Waals surface area contributed by atoms with Crippen LogP contribution < -0.4 is 18.8 Å². The summed E-state index contributed by atoms with van der Waals surface area (Å²) in [6, 6.07) is 57.7. The smallest absolute Gasteiger partial charge is 0.147 e. The summed E-state index contributed by atoms with van der Waals surface area (Å²) in [5.41, 5.74) is 8.13. The van der Waals surface area contributed by atoms with E-state index in [1.807, 2.05) is 138 Å². The van der Waals surface area contributed by atoms with Crippen molar-refractivity contribution in [3.8, 4) is 45.3 Å². The fourth-order valence-corrected chi connectivity index (χ4v) is 5.46. The summed E-state index contributed by atoms with van der Waals surface area (Å²) in [6.45, 7) is 0. The van der Waals surface area contributed by atoms with Crippen molar-refractivity contribution < 1.29 is 18.8 Å². The lowest BCUT2D eigenvalue weighted by atomic mass is 10.1. The van der Waals surface area contributed by atoms with Crippen LogP contribution >= 0.6 is 24.8 Å². The van der Waals surface area contributed by atoms with Gasteiger partial charge in [0.15, 0.2) is 11.4 Å². The quantitative estimate of drug-likeness (QED) is 0.205. The van der Waals surface area contributed by atoms with Gasteiger partial charge in [-0.2, -0.15) is 0 Å². The van der Waals surface area contributed by atoms with Gasteiger partial charge in [-0.1, -0.05) is 72.8 Å². The van der Waals surface area contributed by atoms with E-state index in [1.165, 1.54) is 0 Å². The van der Waals surface area contributed by atoms with Gasteiger partial charge in [0.1, 0.15) is 10.5 Å². The number of para-hydroxylation sites is 4. The normalized spacial score (nSPS) is 10.6. The average molecular weight is 672 g/mol. The van der Waals surface area contributed by atoms with Crippen LogP contribution in [-0.4, -0.2) is 19.9 Å². The van der Waals surface area contributed by atoms with Crippen LogP contribution in [0.15, 0.2) is 183 Å². The molecule has 0 saturated heterocycles. The zero-order valence-electron chi connectivity index (χ0n) is 25.7. The predicted octanol–water partition coefficient (Wildman–Crippen LogP) is 5.68. The average Bonchev–Trinajstić information content (AvgIpc) is 3.80. The highest BCUT2D eigenvalue weighted by Crippen LogP contribution is 2.21. The second-order valence-corrected chi connectivity index (χ2v) is 10.8. The Morgan fingerprint density at radius 3 is 1.50 bits per heavy atom. The summed E-state index contributed by atoms with van der Waals surface area (Å²) in [6.07, 6.45) is 3.99. The Hall–Kier alpha value is -5.96. The first-order chi connectivity index (χ1) is 22.8. The molecule has 234 valence electrons. The molecule has 2 heterocycles. The van der Waals surface area contributed by atoms with Gasteiger partial charge >= 0.3 is 12.7 Å². The number of rotatable bonds is 7. The summed E-state index contributed by atoms with van der Waals surface area (Å²) in [4.78, 5) is 3.83. The number of hydrogen-bond donors (Lipinski definition) is 0. The zero-order chi connectivity index (χ0) is 30.7. The van der Waals surface area contributed by atoms with Gasteiger partial charge in [-0.3, -0.25) is 0 Å². The molecule has 2 aromatic heterocycles. The topological polar surface area (TPSA) is 51.2 Å². The molecule has 0 atom stereocenters. The molecule has 0 N–H and O–H groups in total. The number of hydrogen-bond acceptors (Lipinski definition) is 2. The molecule has 8 nitrogen and oxygen atoms in total. The van der Waals surface area contributed by atoms with E-state index < -0.39 is 0 Å². The van der Waals surface area contributed by atoms with E-state index in [0.29, 0.717) is 0 Å². The van der Waals surface area contributed by atoms with Gasteiger partial charge in [-0.05, 0) is 110 Å². The molecular formula is C38H32Cl2N8+4. The maximum Gasteiger partial charge on any atom is 0.382 e. The van der Waals surface area contributed by atoms with E-state index in [9.17, 15) is 0 Å². The van der Waals surface area contributed by atoms with Gasteiger partial charge in [0, 0.05) is 16.8 Å². The summed E-state index contributed by atoms with van der Waals surface area (Å²) in [5.74, 6) is 0. The monoisotopic (exact) mass is 670 g/mol. The minimum Gasteiger partial charge on any atom is -0.147 e. The number of nitrogens with zero attached hydrogens (tertiary/aromatic N) is 8. The molecular weight excluding hydrogens is 639 g/mol. The summed E-state index contributed by atoms with van der Waals surface area (Å²) in [7, 11) is 0. The van der Waals surface area contributed by atoms with Gasteiger partial charge in [0.25, 0.3) is 5.21 Å². The summed E-state index contributed by atoms with van der Waals surface area (Å²) < 4.78 is 7.87. The Morgan fingerprint density at radius 1 is 0.417 bits per heavy atom. The van der Waals surface area contributed by atoms with E-state index >= 15 is 0 Å². The first-order valence-electron chi connectivity index (χ1n) is 15.1. The van der Waals surface area contributed by atoms with E-state index in [4.69, 9.17) is 10.4 Å². The molecule has 8 rings (SSSR count). The van der Waals surface area contributed by atoms with Crippen LogP contribution in [0, 0.1) is 0 Å². The lowest BCUT2D eigenvalue weighted by molar-refractivity contribution is -1.20. The molecule has 0 amide bonds. The maximum absolute atomic E-state index is 4.91. The molecule has 48 heavy (non-hydrogen) atoms. The Balaban J connectivity index is 0.00000201. The maximum atomic E-state index is 4.91. The molecule has 0 aliphatic carbocycles. The van der Waals surface area contributed by atoms with Crippen molar-refractivity contribution in [3.05, 3.63) is 183 Å². The minimum absolute atomic E-state index is 0. The lowest BCUT2D eigenvalue weighted by Crippen LogP contribution is -2.62. The van der Waals surface area contributed by atoms with Crippen molar-refractivity contribution in [3.63, 3.8) is 0 Å². The molecule has 0 radical (unpaired) electrons. The fraction of sp³-hybridized carbons (Fsp3) is 0. The Labute approximate surface area is 290 Å². The highest BCUT2D eigenvalue weighted by atomic mass is 35.5. The number of halogens is 2. The van der Waals surface area contributed by atoms with Crippen molar-refractivity contribution in [2.45, 2.75) is 0 Å². The number of aromatic nitrogens is 8. The van der Waals surface area contributed by atoms with Gasteiger partial charge < -0.3 is 0 Å². The highest BCUT2D eigenvalue weighted by molar-refractivity contribution is 5.85. The van der Waals surface area contributed by atoms with Gasteiger partial charge in [0.2, 0.25) is 22.3 Å². The second-order valence-electron chi connectivity index (χ2n) is 10.8. The van der Waals surface area contributed by atoms with Crippen LogP contribution in [0.1, 0.15) is 0 Å². The summed E-state index contributed by atoms with van der Waals surface area (Å²) in [5, 5.41) is 9.83. The third-order valence-corrected chi connectivity index (χ3v) is 7.82. The molecule has 0 unspecified atom stereocenters. The molecule has 0 spiro atoms. The summed E-state index contributed by atoms with van der Waals surface area (Å²) >= 11 is 0. The van der Waals surface area contributed by atoms with E-state index in [1.54, 1.807) is 0 Å². The number of tetrazole rings is 2. The van der Waals surface area contributed by atoms with Crippen LogP contribution in [0.2, 0.25) is 0 Å². The molecule has 0 saturated carbocycles. The Bertz CT molecular complexity index is 2060. The van der Waals surface area contributed by atoms with Crippen LogP contribution in [0.5, 0.6) is 0 Å². The van der Waals surface area contributed by atoms with E-state index in [0.717, 1.165) is 45.3 Å². The van der Waals surface area contributed by atoms with Crippen LogP contribution in [-0.2, 0) is 0 Å². The van der Waals surface area contributed by atoms with Crippen molar-refractivity contribution >= 4 is 24.8 Å². The second kappa shape index (κ2) is 14.2. The van der Waals surface area contributed by atoms with E-state index in [2.05, 4.69) is 72.8 Å². The third kappa shape index (κ3) is 6.35. The number of benzene rings is 6. The largest absolute Gasteiger partial charge is 0.382 e. The van der Waals surface area contributed by atoms with Crippen LogP contribution in [0.25, 0.3) is 45.3 Å². The van der Waals surface area contributed by atoms with Gasteiger partial charge in [-0.25, -0.2) is 0 Å². The molecule has 8 aromatic rings. The van der Waals surface area contributed by atoms with Crippen LogP contribution in [0.3, 0.4) is 0 Å². The molecule has 0 aliphatic heterocycles. The molecule has 0 fully saturated rings. The van der Waals surface area contributed by atoms with Crippen molar-refractivity contribution in [1.29, 1.82) is 0 Å². The SMILES string of the molecule is Cl.Cl.c1ccc(-n2c[n+](-c3ccccc3)[n+](-c3ccc(-c4ccc(-n5n[n+](-c6ccccc6)c[n+]5-c5ccccc5)cc4)cc3)n2)cc1. The van der Waals surface area contributed by atoms with E-state index in [-0.39, 0.29) is 24.8 Å². The zero-order valence-corrected chi connectivity index (χ0v) is 27.3. The lowest BCUT2D eigenvalue weighted by Gasteiger charge is -2.02. The fourth-order valence-electron chi connectivity index (χ4n) is 5.46.